The largest absolute Gasteiger partial charge is 0.353 e. The number of hydrogen-bond donors (Lipinski definition) is 2. The highest BCUT2D eigenvalue weighted by Crippen LogP contribution is 2.47. The van der Waals surface area contributed by atoms with Crippen LogP contribution in [-0.4, -0.2) is 23.9 Å². The Morgan fingerprint density at radius 3 is 2.33 bits per heavy atom. The van der Waals surface area contributed by atoms with Crippen LogP contribution in [0.25, 0.3) is 0 Å². The number of hydrogen-bond acceptors (Lipinski definition) is 2. The summed E-state index contributed by atoms with van der Waals surface area (Å²) in [7, 11) is 0. The molecule has 3 saturated carbocycles. The number of nitrogens with one attached hydrogen (secondary N) is 2. The lowest BCUT2D eigenvalue weighted by molar-refractivity contribution is -0.128. The van der Waals surface area contributed by atoms with Gasteiger partial charge in [-0.2, -0.15) is 0 Å². The molecule has 128 valence electrons. The van der Waals surface area contributed by atoms with Crippen LogP contribution in [0.3, 0.4) is 0 Å². The molecule has 4 heteroatoms. The zero-order chi connectivity index (χ0) is 16.5. The molecule has 0 aliphatic heterocycles. The van der Waals surface area contributed by atoms with Crippen molar-refractivity contribution in [3.8, 4) is 0 Å². The van der Waals surface area contributed by atoms with Crippen LogP contribution in [-0.2, 0) is 9.59 Å². The van der Waals surface area contributed by atoms with Crippen LogP contribution < -0.4 is 10.6 Å². The Labute approximate surface area is 143 Å². The molecule has 3 aliphatic carbocycles. The van der Waals surface area contributed by atoms with E-state index in [1.165, 1.54) is 5.56 Å². The van der Waals surface area contributed by atoms with Crippen molar-refractivity contribution in [3.63, 3.8) is 0 Å². The highest BCUT2D eigenvalue weighted by atomic mass is 16.2. The molecule has 2 amide bonds. The second kappa shape index (κ2) is 6.58. The SMILES string of the molecule is O=C(NC1CC1)[C@@H]1CCC[C@H](NC(=O)[C@H]2C[C@@H]2c2ccccc2)C1. The molecule has 24 heavy (non-hydrogen) atoms. The third kappa shape index (κ3) is 3.63. The molecule has 0 unspecified atom stereocenters. The van der Waals surface area contributed by atoms with Gasteiger partial charge in [-0.15, -0.1) is 0 Å². The van der Waals surface area contributed by atoms with Gasteiger partial charge in [-0.25, -0.2) is 0 Å². The van der Waals surface area contributed by atoms with Crippen molar-refractivity contribution in [3.05, 3.63) is 35.9 Å². The van der Waals surface area contributed by atoms with Crippen LogP contribution in [0, 0.1) is 11.8 Å². The summed E-state index contributed by atoms with van der Waals surface area (Å²) in [5.74, 6) is 0.952. The minimum atomic E-state index is 0.0776. The molecule has 1 aromatic rings. The van der Waals surface area contributed by atoms with Gasteiger partial charge in [0, 0.05) is 23.9 Å². The van der Waals surface area contributed by atoms with Crippen LogP contribution in [0.1, 0.15) is 56.4 Å². The molecule has 0 aromatic heterocycles. The molecule has 2 N–H and O–H groups in total. The zero-order valence-electron chi connectivity index (χ0n) is 14.0. The van der Waals surface area contributed by atoms with E-state index in [2.05, 4.69) is 22.8 Å². The average molecular weight is 326 g/mol. The normalized spacial score (nSPS) is 32.0. The number of benzene rings is 1. The number of rotatable bonds is 5. The van der Waals surface area contributed by atoms with Crippen LogP contribution in [0.2, 0.25) is 0 Å². The molecule has 4 nitrogen and oxygen atoms in total. The predicted octanol–water partition coefficient (Wildman–Crippen LogP) is 2.74. The van der Waals surface area contributed by atoms with Gasteiger partial charge < -0.3 is 10.6 Å². The summed E-state index contributed by atoms with van der Waals surface area (Å²) in [6, 6.07) is 10.9. The summed E-state index contributed by atoms with van der Waals surface area (Å²) < 4.78 is 0. The van der Waals surface area contributed by atoms with E-state index in [9.17, 15) is 9.59 Å². The fourth-order valence-electron chi connectivity index (χ4n) is 3.97. The first-order valence-corrected chi connectivity index (χ1v) is 9.36. The molecule has 4 rings (SSSR count). The van der Waals surface area contributed by atoms with E-state index in [0.717, 1.165) is 44.9 Å². The molecule has 3 fully saturated rings. The Bertz CT molecular complexity index is 611. The summed E-state index contributed by atoms with van der Waals surface area (Å²) in [5, 5.41) is 6.32. The topological polar surface area (TPSA) is 58.2 Å². The summed E-state index contributed by atoms with van der Waals surface area (Å²) in [6.45, 7) is 0. The Kier molecular flexibility index (Phi) is 4.30. The lowest BCUT2D eigenvalue weighted by atomic mass is 9.85. The highest BCUT2D eigenvalue weighted by Gasteiger charge is 2.44. The molecular formula is C20H26N2O2. The van der Waals surface area contributed by atoms with E-state index in [4.69, 9.17) is 0 Å². The Balaban J connectivity index is 1.27. The maximum atomic E-state index is 12.5. The van der Waals surface area contributed by atoms with Crippen LogP contribution in [0.5, 0.6) is 0 Å². The van der Waals surface area contributed by atoms with Crippen LogP contribution in [0.15, 0.2) is 30.3 Å². The van der Waals surface area contributed by atoms with E-state index in [-0.39, 0.29) is 29.7 Å². The average Bonchev–Trinajstić information content (AvgIpc) is 3.50. The first-order chi connectivity index (χ1) is 11.7. The second-order valence-corrected chi connectivity index (χ2v) is 7.71. The van der Waals surface area contributed by atoms with E-state index in [1.807, 2.05) is 18.2 Å². The summed E-state index contributed by atoms with van der Waals surface area (Å²) in [6.07, 6.45) is 6.99. The monoisotopic (exact) mass is 326 g/mol. The van der Waals surface area contributed by atoms with E-state index >= 15 is 0 Å². The Morgan fingerprint density at radius 1 is 0.833 bits per heavy atom. The van der Waals surface area contributed by atoms with Crippen molar-refractivity contribution in [2.24, 2.45) is 11.8 Å². The van der Waals surface area contributed by atoms with E-state index < -0.39 is 0 Å². The molecular weight excluding hydrogens is 300 g/mol. The minimum absolute atomic E-state index is 0.0776. The standard InChI is InChI=1S/C20H26N2O2/c23-19(21-15-9-10-15)14-7-4-8-16(11-14)22-20(24)18-12-17(18)13-5-2-1-3-6-13/h1-3,5-6,14-18H,4,7-12H2,(H,21,23)(H,22,24)/t14-,16+,17-,18+/m1/s1. The first-order valence-electron chi connectivity index (χ1n) is 9.36. The van der Waals surface area contributed by atoms with Gasteiger partial charge in [-0.1, -0.05) is 36.8 Å². The van der Waals surface area contributed by atoms with Gasteiger partial charge in [0.05, 0.1) is 0 Å². The van der Waals surface area contributed by atoms with Crippen molar-refractivity contribution in [1.29, 1.82) is 0 Å². The third-order valence-corrected chi connectivity index (χ3v) is 5.67. The number of amides is 2. The van der Waals surface area contributed by atoms with Crippen molar-refractivity contribution in [2.45, 2.75) is 62.9 Å². The fraction of sp³-hybridized carbons (Fsp3) is 0.600. The van der Waals surface area contributed by atoms with Crippen molar-refractivity contribution in [1.82, 2.24) is 10.6 Å². The Hall–Kier alpha value is -1.84. The molecule has 4 atom stereocenters. The molecule has 1 aromatic carbocycles. The lowest BCUT2D eigenvalue weighted by Crippen LogP contribution is -2.43. The second-order valence-electron chi connectivity index (χ2n) is 7.71. The maximum absolute atomic E-state index is 12.5. The number of carbonyl (C=O) groups excluding carboxylic acids is 2. The van der Waals surface area contributed by atoms with Gasteiger partial charge >= 0.3 is 0 Å². The fourth-order valence-corrected chi connectivity index (χ4v) is 3.97. The van der Waals surface area contributed by atoms with Gasteiger partial charge in [-0.05, 0) is 50.0 Å². The van der Waals surface area contributed by atoms with E-state index in [0.29, 0.717) is 12.0 Å². The number of carbonyl (C=O) groups is 2. The van der Waals surface area contributed by atoms with Gasteiger partial charge in [0.15, 0.2) is 0 Å². The lowest BCUT2D eigenvalue weighted by Gasteiger charge is -2.29. The van der Waals surface area contributed by atoms with Crippen molar-refractivity contribution in [2.75, 3.05) is 0 Å². The third-order valence-electron chi connectivity index (χ3n) is 5.67. The highest BCUT2D eigenvalue weighted by molar-refractivity contribution is 5.83. The maximum Gasteiger partial charge on any atom is 0.223 e. The van der Waals surface area contributed by atoms with Gasteiger partial charge in [-0.3, -0.25) is 9.59 Å². The molecule has 0 saturated heterocycles. The van der Waals surface area contributed by atoms with Crippen LogP contribution in [0.4, 0.5) is 0 Å². The van der Waals surface area contributed by atoms with E-state index in [1.54, 1.807) is 0 Å². The molecule has 3 aliphatic rings. The van der Waals surface area contributed by atoms with Gasteiger partial charge in [0.25, 0.3) is 0 Å². The smallest absolute Gasteiger partial charge is 0.223 e. The first kappa shape index (κ1) is 15.7. The summed E-state index contributed by atoms with van der Waals surface area (Å²) >= 11 is 0. The quantitative estimate of drug-likeness (QED) is 0.874. The van der Waals surface area contributed by atoms with Crippen molar-refractivity contribution < 1.29 is 9.59 Å². The molecule has 0 heterocycles. The van der Waals surface area contributed by atoms with Gasteiger partial charge in [0.1, 0.15) is 0 Å². The summed E-state index contributed by atoms with van der Waals surface area (Å²) in [4.78, 5) is 24.7. The predicted molar refractivity (Wildman–Crippen MR) is 92.3 cm³/mol. The minimum Gasteiger partial charge on any atom is -0.353 e. The molecule has 0 radical (unpaired) electrons. The Morgan fingerprint density at radius 2 is 1.58 bits per heavy atom. The van der Waals surface area contributed by atoms with Crippen molar-refractivity contribution >= 4 is 11.8 Å². The summed E-state index contributed by atoms with van der Waals surface area (Å²) in [5.41, 5.74) is 1.27. The van der Waals surface area contributed by atoms with Gasteiger partial charge in [0.2, 0.25) is 11.8 Å². The zero-order valence-corrected chi connectivity index (χ0v) is 14.0. The molecule has 0 bridgehead atoms. The molecule has 0 spiro atoms. The van der Waals surface area contributed by atoms with Crippen LogP contribution >= 0.6 is 0 Å².